The second kappa shape index (κ2) is 34.0. The van der Waals surface area contributed by atoms with Crippen molar-refractivity contribution in [1.82, 2.24) is 27.4 Å². The van der Waals surface area contributed by atoms with Crippen LogP contribution in [0.3, 0.4) is 0 Å². The minimum absolute atomic E-state index is 0.103. The van der Waals surface area contributed by atoms with Crippen molar-refractivity contribution in [2.75, 3.05) is 0 Å². The number of hydrogen-bond donors (Lipinski definition) is 0. The van der Waals surface area contributed by atoms with Gasteiger partial charge in [0, 0.05) is 135 Å². The van der Waals surface area contributed by atoms with Gasteiger partial charge in [-0.15, -0.1) is 11.3 Å². The minimum Gasteiger partial charge on any atom is -0.456 e. The lowest BCUT2D eigenvalue weighted by molar-refractivity contribution is 0.656. The fraction of sp³-hybridized carbons (Fsp3) is 0.0213. The van der Waals surface area contributed by atoms with Gasteiger partial charge in [0.25, 0.3) is 0 Å². The Hall–Kier alpha value is -19.1. The van der Waals surface area contributed by atoms with Gasteiger partial charge in [-0.05, 0) is 243 Å². The largest absolute Gasteiger partial charge is 0.456 e. The van der Waals surface area contributed by atoms with Gasteiger partial charge >= 0.3 is 0 Å². The number of fused-ring (bicyclic) bond motifs is 27. The van der Waals surface area contributed by atoms with Crippen molar-refractivity contribution in [2.24, 2.45) is 0 Å². The zero-order chi connectivity index (χ0) is 98.2. The number of hydrogen-bond acceptors (Lipinski definition) is 2. The summed E-state index contributed by atoms with van der Waals surface area (Å²) >= 11 is 1.87. The third-order valence-corrected chi connectivity index (χ3v) is 32.7. The highest BCUT2D eigenvalue weighted by Crippen LogP contribution is 2.54. The van der Waals surface area contributed by atoms with E-state index in [0.29, 0.717) is 0 Å². The first-order valence-corrected chi connectivity index (χ1v) is 52.1. The summed E-state index contributed by atoms with van der Waals surface area (Å²) in [5.41, 5.74) is 40.9. The molecule has 0 unspecified atom stereocenters. The summed E-state index contributed by atoms with van der Waals surface area (Å²) < 4.78 is 23.5. The summed E-state index contributed by atoms with van der Waals surface area (Å²) in [6, 6.07) is 190. The smallest absolute Gasteiger partial charge is 0.137 e. The molecule has 32 rings (SSSR count). The molecule has 1 aliphatic rings. The molecule has 149 heavy (non-hydrogen) atoms. The number of rotatable bonds is 11. The van der Waals surface area contributed by atoms with Crippen molar-refractivity contribution < 1.29 is 4.42 Å². The van der Waals surface area contributed by atoms with E-state index >= 15 is 0 Å². The Bertz CT molecular complexity index is 10500. The fourth-order valence-electron chi connectivity index (χ4n) is 24.9. The second-order valence-corrected chi connectivity index (χ2v) is 41.1. The Balaban J connectivity index is 0.000000103. The molecule has 7 nitrogen and oxygen atoms in total. The zero-order valence-corrected chi connectivity index (χ0v) is 82.5. The number of para-hydroxylation sites is 10. The maximum atomic E-state index is 6.30. The molecule has 0 bridgehead atoms. The molecule has 8 heteroatoms. The summed E-state index contributed by atoms with van der Waals surface area (Å²) in [5.74, 6) is 0. The quantitative estimate of drug-likeness (QED) is 0.127. The zero-order valence-electron chi connectivity index (χ0n) is 81.7. The monoisotopic (exact) mass is 1920 g/mol. The first-order valence-electron chi connectivity index (χ1n) is 51.3. The topological polar surface area (TPSA) is 42.7 Å². The molecule has 0 N–H and O–H groups in total. The van der Waals surface area contributed by atoms with Crippen molar-refractivity contribution in [3.05, 3.63) is 533 Å². The molecule has 0 atom stereocenters. The molecule has 0 aliphatic heterocycles. The minimum atomic E-state index is -0.103. The average Bonchev–Trinajstić information content (AvgIpc) is 1.55. The van der Waals surface area contributed by atoms with E-state index in [1.807, 2.05) is 23.5 Å². The number of aromatic nitrogens is 6. The predicted octanol–water partition coefficient (Wildman–Crippen LogP) is 38.6. The number of benzene rings is 23. The molecule has 31 aromatic rings. The summed E-state index contributed by atoms with van der Waals surface area (Å²) in [6.45, 7) is 4.75. The van der Waals surface area contributed by atoms with Crippen LogP contribution >= 0.6 is 11.3 Å². The molecule has 8 aromatic heterocycles. The average molecular weight is 1920 g/mol. The van der Waals surface area contributed by atoms with Gasteiger partial charge in [-0.2, -0.15) is 0 Å². The van der Waals surface area contributed by atoms with Gasteiger partial charge in [0.05, 0.1) is 83.3 Å². The van der Waals surface area contributed by atoms with Crippen molar-refractivity contribution in [3.63, 3.8) is 0 Å². The molecule has 0 amide bonds. The van der Waals surface area contributed by atoms with Gasteiger partial charge in [-0.25, -0.2) is 0 Å². The summed E-state index contributed by atoms with van der Waals surface area (Å²) in [4.78, 5) is 0. The number of nitrogens with zero attached hydrogens (tertiary/aromatic N) is 6. The normalized spacial score (nSPS) is 12.4. The highest BCUT2D eigenvalue weighted by Gasteiger charge is 2.39. The Kier molecular flexibility index (Phi) is 19.5. The van der Waals surface area contributed by atoms with Crippen LogP contribution in [0.1, 0.15) is 25.0 Å². The van der Waals surface area contributed by atoms with Crippen LogP contribution < -0.4 is 0 Å². The van der Waals surface area contributed by atoms with E-state index < -0.39 is 0 Å². The Morgan fingerprint density at radius 1 is 0.168 bits per heavy atom. The summed E-state index contributed by atoms with van der Waals surface area (Å²) in [7, 11) is 0. The van der Waals surface area contributed by atoms with E-state index in [2.05, 4.69) is 551 Å². The molecule has 0 saturated heterocycles. The van der Waals surface area contributed by atoms with Crippen molar-refractivity contribution >= 4 is 184 Å². The molecule has 0 spiro atoms. The SMILES string of the molecule is CC1(C)c2ccccc2-c2cccc(-n3c4ccccc4c4cc(-c5ccc6c(c5)c5ccccc5n6-c5ccccc5)ccc43)c21.c1ccc(-c2ccccc2-n2c3ccccc3c3cc(-c4ccc5c(c4)c4ccccc4n5-c4ccc5c(c4)oc4ccccc45)ccc32)cc1.c1ccc(-c2ccccc2-n2c3ccccc3c3cc(-c4ccc5c(c4)c4ccccc4n5-c4ccc5c(c4)sc4ccccc45)ccc32)cc1. The van der Waals surface area contributed by atoms with E-state index in [-0.39, 0.29) is 5.41 Å². The van der Waals surface area contributed by atoms with Crippen molar-refractivity contribution in [2.45, 2.75) is 19.3 Å². The van der Waals surface area contributed by atoms with Crippen LogP contribution in [0.15, 0.2) is 526 Å². The molecule has 0 radical (unpaired) electrons. The van der Waals surface area contributed by atoms with E-state index in [9.17, 15) is 0 Å². The Morgan fingerprint density at radius 3 is 0.906 bits per heavy atom. The predicted molar refractivity (Wildman–Crippen MR) is 630 cm³/mol. The first-order chi connectivity index (χ1) is 73.7. The molecule has 23 aromatic carbocycles. The van der Waals surface area contributed by atoms with Crippen molar-refractivity contribution in [3.8, 4) is 101 Å². The van der Waals surface area contributed by atoms with Crippen LogP contribution in [0.25, 0.3) is 274 Å². The number of thiophene rings is 1. The maximum Gasteiger partial charge on any atom is 0.137 e. The van der Waals surface area contributed by atoms with Crippen LogP contribution in [0.5, 0.6) is 0 Å². The van der Waals surface area contributed by atoms with Gasteiger partial charge in [0.2, 0.25) is 0 Å². The molecular formula is C141H92N6OS. The Morgan fingerprint density at radius 2 is 0.463 bits per heavy atom. The number of furan rings is 1. The molecular weight excluding hydrogens is 1830 g/mol. The lowest BCUT2D eigenvalue weighted by Gasteiger charge is -2.25. The highest BCUT2D eigenvalue weighted by molar-refractivity contribution is 7.25. The third kappa shape index (κ3) is 13.5. The van der Waals surface area contributed by atoms with Gasteiger partial charge < -0.3 is 31.8 Å². The van der Waals surface area contributed by atoms with Crippen LogP contribution in [0.4, 0.5) is 0 Å². The molecule has 1 aliphatic carbocycles. The van der Waals surface area contributed by atoms with E-state index in [1.54, 1.807) is 0 Å². The Labute approximate surface area is 862 Å². The third-order valence-electron chi connectivity index (χ3n) is 31.5. The van der Waals surface area contributed by atoms with Gasteiger partial charge in [-0.3, -0.25) is 0 Å². The highest BCUT2D eigenvalue weighted by atomic mass is 32.1. The van der Waals surface area contributed by atoms with Crippen molar-refractivity contribution in [1.29, 1.82) is 0 Å². The molecule has 0 saturated carbocycles. The van der Waals surface area contributed by atoms with Crippen LogP contribution in [-0.2, 0) is 5.41 Å². The van der Waals surface area contributed by atoms with Gasteiger partial charge in [-0.1, -0.05) is 354 Å². The second-order valence-electron chi connectivity index (χ2n) is 40.0. The van der Waals surface area contributed by atoms with E-state index in [1.165, 1.54) is 257 Å². The molecule has 698 valence electrons. The lowest BCUT2D eigenvalue weighted by Crippen LogP contribution is -2.17. The molecule has 8 heterocycles. The lowest BCUT2D eigenvalue weighted by atomic mass is 9.81. The van der Waals surface area contributed by atoms with Crippen LogP contribution in [0, 0.1) is 0 Å². The molecule has 0 fully saturated rings. The van der Waals surface area contributed by atoms with E-state index in [4.69, 9.17) is 4.42 Å². The van der Waals surface area contributed by atoms with Crippen LogP contribution in [-0.4, -0.2) is 27.4 Å². The first kappa shape index (κ1) is 85.5. The maximum absolute atomic E-state index is 6.30. The van der Waals surface area contributed by atoms with Gasteiger partial charge in [0.1, 0.15) is 11.2 Å². The van der Waals surface area contributed by atoms with Gasteiger partial charge in [0.15, 0.2) is 0 Å². The summed E-state index contributed by atoms with van der Waals surface area (Å²) in [6.07, 6.45) is 0. The fourth-order valence-corrected chi connectivity index (χ4v) is 26.0. The van der Waals surface area contributed by atoms with Crippen LogP contribution in [0.2, 0.25) is 0 Å². The van der Waals surface area contributed by atoms with E-state index in [0.717, 1.165) is 27.6 Å². The standard InChI is InChI=1S/C48H30N2O.C48H30N2S.C45H32N2/c2*1-2-12-31(13-3-1)35-14-4-8-18-42(35)50-44-20-10-6-16-37(44)41-29-33(23-27-46(41)50)32-22-26-45-40(28-32)36-15-5-9-19-43(36)49(45)34-24-25-39-38-17-7-11-21-47(38)51-48(39)30-34;1-45(2)38-19-9-6-15-32(38)35-18-12-22-43(44(35)45)47-40-21-11-8-17-34(40)37-28-30(24-26-42(37)47)29-23-25-41-36(27-29)33-16-7-10-20-39(33)46(41)31-13-4-3-5-14-31/h2*1-30H;3-28H,1-2H3. The summed E-state index contributed by atoms with van der Waals surface area (Å²) in [5, 5.41) is 20.0.